The minimum atomic E-state index is 0. The second-order valence-electron chi connectivity index (χ2n) is 1.66. The minimum Gasteiger partial charge on any atom is -0.342 e. The minimum absolute atomic E-state index is 0. The van der Waals surface area contributed by atoms with E-state index in [1.165, 1.54) is 0 Å². The van der Waals surface area contributed by atoms with Gasteiger partial charge in [-0.25, -0.2) is 0 Å². The molecule has 0 atom stereocenters. The van der Waals surface area contributed by atoms with Crippen LogP contribution in [0.25, 0.3) is 0 Å². The van der Waals surface area contributed by atoms with Crippen molar-refractivity contribution in [2.24, 2.45) is 0 Å². The van der Waals surface area contributed by atoms with Gasteiger partial charge in [0.05, 0.1) is 0 Å². The van der Waals surface area contributed by atoms with E-state index in [1.807, 2.05) is 7.05 Å². The molecule has 0 bridgehead atoms. The van der Waals surface area contributed by atoms with Gasteiger partial charge < -0.3 is 18.7 Å². The summed E-state index contributed by atoms with van der Waals surface area (Å²) in [6.07, 6.45) is 0.978. The van der Waals surface area contributed by atoms with Crippen molar-refractivity contribution in [1.82, 2.24) is 4.90 Å². The Morgan fingerprint density at radius 2 is 1.88 bits per heavy atom. The summed E-state index contributed by atoms with van der Waals surface area (Å²) in [5, 5.41) is 0. The molecule has 0 aromatic carbocycles. The fraction of sp³-hybridized carbons (Fsp3) is 0.667. The largest absolute Gasteiger partial charge is 2.00 e. The molecule has 0 aliphatic carbocycles. The molecule has 0 saturated heterocycles. The number of rotatable bonds is 3. The average molecular weight is 192 g/mol. The first-order valence-electron chi connectivity index (χ1n) is 2.58. The molecule has 1 nitrogen and oxygen atoms in total. The molecule has 0 rings (SSSR count). The molecule has 2 heteroatoms. The van der Waals surface area contributed by atoms with Gasteiger partial charge in [0.15, 0.2) is 0 Å². The fourth-order valence-electron chi connectivity index (χ4n) is 0.382. The summed E-state index contributed by atoms with van der Waals surface area (Å²) in [6, 6.07) is 0. The van der Waals surface area contributed by atoms with Crippen molar-refractivity contribution < 1.29 is 22.4 Å². The Morgan fingerprint density at radius 3 is 2.00 bits per heavy atom. The number of hydrogen-bond donors (Lipinski definition) is 0. The van der Waals surface area contributed by atoms with Crippen molar-refractivity contribution in [3.05, 3.63) is 13.8 Å². The van der Waals surface area contributed by atoms with E-state index >= 15 is 0 Å². The molecule has 0 fully saturated rings. The topological polar surface area (TPSA) is 3.24 Å². The summed E-state index contributed by atoms with van der Waals surface area (Å²) in [7, 11) is 2.04. The van der Waals surface area contributed by atoms with Crippen LogP contribution < -0.4 is 0 Å². The van der Waals surface area contributed by atoms with Crippen molar-refractivity contribution in [2.75, 3.05) is 20.1 Å². The van der Waals surface area contributed by atoms with E-state index in [9.17, 15) is 0 Å². The third-order valence-electron chi connectivity index (χ3n) is 0.922. The molecule has 0 saturated carbocycles. The zero-order valence-corrected chi connectivity index (χ0v) is 7.63. The molecule has 0 spiro atoms. The van der Waals surface area contributed by atoms with Crippen LogP contribution >= 0.6 is 0 Å². The molecular weight excluding hydrogens is 179 g/mol. The van der Waals surface area contributed by atoms with Crippen LogP contribution in [-0.4, -0.2) is 25.0 Å². The number of nitrogens with zero attached hydrogens (tertiary/aromatic N) is 1. The van der Waals surface area contributed by atoms with Gasteiger partial charge in [0.2, 0.25) is 0 Å². The summed E-state index contributed by atoms with van der Waals surface area (Å²) < 4.78 is 0. The molecule has 8 heavy (non-hydrogen) atoms. The van der Waals surface area contributed by atoms with Crippen LogP contribution in [0.3, 0.4) is 0 Å². The SMILES string of the molecule is [CH2-]CCN(C)C[CH2-].[Nb+2]. The maximum Gasteiger partial charge on any atom is 2.00 e. The zero-order valence-electron chi connectivity index (χ0n) is 5.43. The van der Waals surface area contributed by atoms with Crippen molar-refractivity contribution >= 4 is 0 Å². The first kappa shape index (κ1) is 11.5. The second-order valence-corrected chi connectivity index (χ2v) is 1.66. The summed E-state index contributed by atoms with van der Waals surface area (Å²) >= 11 is 0. The maximum absolute atomic E-state index is 3.70. The van der Waals surface area contributed by atoms with Crippen LogP contribution in [0.5, 0.6) is 0 Å². The monoisotopic (exact) mass is 192 g/mol. The molecule has 0 aliphatic heterocycles. The Morgan fingerprint density at radius 1 is 1.38 bits per heavy atom. The molecule has 1 radical (unpaired) electrons. The van der Waals surface area contributed by atoms with Gasteiger partial charge in [-0.2, -0.15) is 6.42 Å². The van der Waals surface area contributed by atoms with E-state index in [4.69, 9.17) is 0 Å². The van der Waals surface area contributed by atoms with Crippen LogP contribution in [0, 0.1) is 13.8 Å². The molecule has 0 aromatic heterocycles. The van der Waals surface area contributed by atoms with Crippen LogP contribution in [0.1, 0.15) is 6.42 Å². The Kier molecular flexibility index (Phi) is 11.1. The quantitative estimate of drug-likeness (QED) is 0.475. The van der Waals surface area contributed by atoms with E-state index in [2.05, 4.69) is 18.7 Å². The van der Waals surface area contributed by atoms with Gasteiger partial charge in [0, 0.05) is 0 Å². The van der Waals surface area contributed by atoms with Gasteiger partial charge in [-0.05, 0) is 13.6 Å². The molecule has 0 N–H and O–H groups in total. The van der Waals surface area contributed by atoms with Crippen LogP contribution in [0.15, 0.2) is 0 Å². The summed E-state index contributed by atoms with van der Waals surface area (Å²) in [4.78, 5) is 2.13. The van der Waals surface area contributed by atoms with E-state index < -0.39 is 0 Å². The van der Waals surface area contributed by atoms with Crippen LogP contribution in [-0.2, 0) is 22.4 Å². The van der Waals surface area contributed by atoms with Crippen LogP contribution in [0.4, 0.5) is 0 Å². The van der Waals surface area contributed by atoms with Gasteiger partial charge in [0.25, 0.3) is 0 Å². The predicted molar refractivity (Wildman–Crippen MR) is 32.8 cm³/mol. The molecule has 0 unspecified atom stereocenters. The van der Waals surface area contributed by atoms with E-state index in [0.717, 1.165) is 19.5 Å². The van der Waals surface area contributed by atoms with E-state index in [1.54, 1.807) is 0 Å². The van der Waals surface area contributed by atoms with Crippen molar-refractivity contribution in [2.45, 2.75) is 6.42 Å². The van der Waals surface area contributed by atoms with E-state index in [-0.39, 0.29) is 22.4 Å². The van der Waals surface area contributed by atoms with Gasteiger partial charge in [0.1, 0.15) is 0 Å². The Bertz CT molecular complexity index is 39.5. The van der Waals surface area contributed by atoms with Gasteiger partial charge in [-0.1, -0.05) is 0 Å². The van der Waals surface area contributed by atoms with E-state index in [0.29, 0.717) is 0 Å². The third kappa shape index (κ3) is 6.70. The van der Waals surface area contributed by atoms with Gasteiger partial charge >= 0.3 is 22.4 Å². The number of hydrogen-bond acceptors (Lipinski definition) is 1. The second kappa shape index (κ2) is 7.70. The first-order chi connectivity index (χ1) is 3.31. The molecule has 0 amide bonds. The average Bonchev–Trinajstić information content (AvgIpc) is 1.68. The Balaban J connectivity index is 0. The van der Waals surface area contributed by atoms with Gasteiger partial charge in [-0.3, -0.25) is 0 Å². The molecule has 0 aromatic rings. The van der Waals surface area contributed by atoms with Crippen molar-refractivity contribution in [3.8, 4) is 0 Å². The van der Waals surface area contributed by atoms with Crippen molar-refractivity contribution in [1.29, 1.82) is 0 Å². The maximum atomic E-state index is 3.70. The normalized spacial score (nSPS) is 9.00. The van der Waals surface area contributed by atoms with Crippen LogP contribution in [0.2, 0.25) is 0 Å². The Labute approximate surface area is 68.0 Å². The summed E-state index contributed by atoms with van der Waals surface area (Å²) in [6.45, 7) is 9.35. The smallest absolute Gasteiger partial charge is 0.342 e. The fourth-order valence-corrected chi connectivity index (χ4v) is 0.382. The predicted octanol–water partition coefficient (Wildman–Crippen LogP) is 0.974. The molecule has 0 heterocycles. The molecular formula is C6H13NNb. The Hall–Kier alpha value is 0.700. The third-order valence-corrected chi connectivity index (χ3v) is 0.922. The first-order valence-corrected chi connectivity index (χ1v) is 2.58. The standard InChI is InChI=1S/C6H13N.Nb/c1-4-6-7(3)5-2;/h1-2,4-6H2,3H3;/q-2;+2. The molecule has 0 aliphatic rings. The summed E-state index contributed by atoms with van der Waals surface area (Å²) in [5.41, 5.74) is 0. The van der Waals surface area contributed by atoms with Crippen molar-refractivity contribution in [3.63, 3.8) is 0 Å². The summed E-state index contributed by atoms with van der Waals surface area (Å²) in [5.74, 6) is 0. The zero-order chi connectivity index (χ0) is 5.70. The molecule has 47 valence electrons. The van der Waals surface area contributed by atoms with Gasteiger partial charge in [-0.15, -0.1) is 6.54 Å².